The largest absolute Gasteiger partial charge is 0.478 e. The highest BCUT2D eigenvalue weighted by atomic mass is 19.1. The molecule has 39 heavy (non-hydrogen) atoms. The summed E-state index contributed by atoms with van der Waals surface area (Å²) in [5.41, 5.74) is 3.47. The number of fused-ring (bicyclic) bond motifs is 3. The van der Waals surface area contributed by atoms with Crippen LogP contribution in [0.5, 0.6) is 0 Å². The number of halogens is 1. The van der Waals surface area contributed by atoms with Crippen LogP contribution in [-0.2, 0) is 17.8 Å². The summed E-state index contributed by atoms with van der Waals surface area (Å²) in [6.45, 7) is 0.791. The van der Waals surface area contributed by atoms with E-state index in [0.717, 1.165) is 55.4 Å². The van der Waals surface area contributed by atoms with Crippen molar-refractivity contribution in [3.63, 3.8) is 0 Å². The van der Waals surface area contributed by atoms with Crippen molar-refractivity contribution in [3.05, 3.63) is 70.7 Å². The molecular formula is C30H30FN3O5. The molecule has 2 bridgehead atoms. The Morgan fingerprint density at radius 3 is 2.54 bits per heavy atom. The maximum Gasteiger partial charge on any atom is 0.336 e. The van der Waals surface area contributed by atoms with Gasteiger partial charge in [0, 0.05) is 41.4 Å². The number of rotatable bonds is 6. The Bertz CT molecular complexity index is 1440. The molecule has 3 fully saturated rings. The van der Waals surface area contributed by atoms with Crippen LogP contribution in [0.25, 0.3) is 11.3 Å². The normalized spacial score (nSPS) is 23.8. The first kappa shape index (κ1) is 24.3. The zero-order valence-electron chi connectivity index (χ0n) is 21.5. The summed E-state index contributed by atoms with van der Waals surface area (Å²) in [4.78, 5) is 29.1. The number of carboxylic acid groups (broad SMARTS) is 1. The lowest BCUT2D eigenvalue weighted by Crippen LogP contribution is -2.53. The van der Waals surface area contributed by atoms with Crippen molar-refractivity contribution in [3.8, 4) is 11.3 Å². The Morgan fingerprint density at radius 2 is 1.82 bits per heavy atom. The molecule has 4 aliphatic rings. The molecule has 0 spiro atoms. The molecule has 0 radical (unpaired) electrons. The molecule has 1 saturated carbocycles. The van der Waals surface area contributed by atoms with Crippen LogP contribution in [0.15, 0.2) is 47.0 Å². The van der Waals surface area contributed by atoms with Crippen molar-refractivity contribution in [2.45, 2.75) is 75.7 Å². The van der Waals surface area contributed by atoms with E-state index in [0.29, 0.717) is 42.4 Å². The quantitative estimate of drug-likeness (QED) is 0.435. The number of carbonyl (C=O) groups excluding carboxylic acids is 1. The average Bonchev–Trinajstić information content (AvgIpc) is 3.44. The number of hydrogen-bond donors (Lipinski definition) is 1. The second-order valence-corrected chi connectivity index (χ2v) is 11.1. The summed E-state index contributed by atoms with van der Waals surface area (Å²) in [6.07, 6.45) is 5.92. The van der Waals surface area contributed by atoms with Crippen molar-refractivity contribution in [2.75, 3.05) is 11.4 Å². The highest BCUT2D eigenvalue weighted by molar-refractivity contribution is 5.99. The number of aromatic nitrogens is 1. The maximum atomic E-state index is 14.6. The molecule has 3 aliphatic heterocycles. The van der Waals surface area contributed by atoms with E-state index in [1.54, 1.807) is 35.2 Å². The Hall–Kier alpha value is -3.72. The molecule has 8 nitrogen and oxygen atoms in total. The number of carbonyl (C=O) groups is 2. The van der Waals surface area contributed by atoms with E-state index in [1.807, 2.05) is 11.0 Å². The van der Waals surface area contributed by atoms with E-state index >= 15 is 0 Å². The van der Waals surface area contributed by atoms with Crippen molar-refractivity contribution < 1.29 is 28.3 Å². The molecule has 2 aromatic carbocycles. The summed E-state index contributed by atoms with van der Waals surface area (Å²) in [7, 11) is 0. The molecule has 3 atom stereocenters. The molecular weight excluding hydrogens is 501 g/mol. The number of hydrogen-bond acceptors (Lipinski definition) is 5. The molecule has 202 valence electrons. The minimum atomic E-state index is -0.963. The van der Waals surface area contributed by atoms with Crippen molar-refractivity contribution >= 4 is 17.7 Å². The monoisotopic (exact) mass is 531 g/mol. The lowest BCUT2D eigenvalue weighted by atomic mass is 9.99. The van der Waals surface area contributed by atoms with Crippen LogP contribution in [0.1, 0.15) is 71.7 Å². The number of anilines is 1. The highest BCUT2D eigenvalue weighted by Gasteiger charge is 2.46. The van der Waals surface area contributed by atoms with Gasteiger partial charge in [-0.1, -0.05) is 23.4 Å². The third kappa shape index (κ3) is 4.19. The Kier molecular flexibility index (Phi) is 5.91. The number of amides is 2. The standard InChI is InChI=1S/C30H30FN3O5/c31-25-6-2-1-4-23(25)27-24(28(39-32-27)17-8-9-17)16-38-20-14-18-10-11-19(15-20)34(18)30(37)33-13-12-21-22(29(35)36)5-3-7-26(21)33/h1-7,17-20H,8-16H2,(H,35,36)/t18-,19+,20?. The fourth-order valence-electron chi connectivity index (χ4n) is 6.74. The molecule has 9 heteroatoms. The molecule has 1 aliphatic carbocycles. The molecule has 1 N–H and O–H groups in total. The van der Waals surface area contributed by atoms with Gasteiger partial charge >= 0.3 is 12.0 Å². The first-order valence-electron chi connectivity index (χ1n) is 13.8. The first-order chi connectivity index (χ1) is 19.0. The Balaban J connectivity index is 1.06. The summed E-state index contributed by atoms with van der Waals surface area (Å²) in [6, 6.07) is 11.8. The van der Waals surface area contributed by atoms with Gasteiger partial charge in [-0.15, -0.1) is 0 Å². The summed E-state index contributed by atoms with van der Waals surface area (Å²) in [5, 5.41) is 13.8. The van der Waals surface area contributed by atoms with E-state index in [9.17, 15) is 19.1 Å². The van der Waals surface area contributed by atoms with Gasteiger partial charge < -0.3 is 19.3 Å². The van der Waals surface area contributed by atoms with Crippen LogP contribution in [0.2, 0.25) is 0 Å². The second kappa shape index (κ2) is 9.48. The molecule has 1 aromatic heterocycles. The van der Waals surface area contributed by atoms with E-state index in [4.69, 9.17) is 9.26 Å². The lowest BCUT2D eigenvalue weighted by molar-refractivity contribution is -0.0164. The third-order valence-electron chi connectivity index (χ3n) is 8.76. The minimum Gasteiger partial charge on any atom is -0.478 e. The number of nitrogens with zero attached hydrogens (tertiary/aromatic N) is 3. The fourth-order valence-corrected chi connectivity index (χ4v) is 6.74. The van der Waals surface area contributed by atoms with E-state index in [2.05, 4.69) is 5.16 Å². The zero-order valence-corrected chi connectivity index (χ0v) is 21.5. The summed E-state index contributed by atoms with van der Waals surface area (Å²) >= 11 is 0. The van der Waals surface area contributed by atoms with Gasteiger partial charge in [-0.05, 0) is 74.8 Å². The molecule has 4 heterocycles. The molecule has 1 unspecified atom stereocenters. The predicted molar refractivity (Wildman–Crippen MR) is 140 cm³/mol. The minimum absolute atomic E-state index is 0.0218. The van der Waals surface area contributed by atoms with E-state index in [1.165, 1.54) is 6.07 Å². The van der Waals surface area contributed by atoms with Crippen LogP contribution < -0.4 is 4.90 Å². The first-order valence-corrected chi connectivity index (χ1v) is 13.8. The smallest absolute Gasteiger partial charge is 0.336 e. The topological polar surface area (TPSA) is 96.1 Å². The van der Waals surface area contributed by atoms with Gasteiger partial charge in [-0.3, -0.25) is 4.90 Å². The summed E-state index contributed by atoms with van der Waals surface area (Å²) in [5.74, 6) is -0.178. The summed E-state index contributed by atoms with van der Waals surface area (Å²) < 4.78 is 26.7. The number of ether oxygens (including phenoxy) is 1. The van der Waals surface area contributed by atoms with Gasteiger partial charge in [0.1, 0.15) is 17.3 Å². The van der Waals surface area contributed by atoms with Gasteiger partial charge in [0.2, 0.25) is 0 Å². The van der Waals surface area contributed by atoms with Crippen LogP contribution in [0.3, 0.4) is 0 Å². The van der Waals surface area contributed by atoms with Gasteiger partial charge in [0.05, 0.1) is 18.3 Å². The van der Waals surface area contributed by atoms with Gasteiger partial charge in [0.15, 0.2) is 0 Å². The van der Waals surface area contributed by atoms with Crippen molar-refractivity contribution in [1.29, 1.82) is 0 Å². The second-order valence-electron chi connectivity index (χ2n) is 11.1. The molecule has 2 amide bonds. The van der Waals surface area contributed by atoms with Crippen molar-refractivity contribution in [1.82, 2.24) is 10.1 Å². The number of piperidine rings is 1. The Labute approximate surface area is 225 Å². The van der Waals surface area contributed by atoms with Gasteiger partial charge in [-0.2, -0.15) is 0 Å². The molecule has 3 aromatic rings. The van der Waals surface area contributed by atoms with Crippen LogP contribution in [-0.4, -0.2) is 51.9 Å². The highest BCUT2D eigenvalue weighted by Crippen LogP contribution is 2.45. The zero-order chi connectivity index (χ0) is 26.7. The Morgan fingerprint density at radius 1 is 1.05 bits per heavy atom. The molecule has 7 rings (SSSR count). The van der Waals surface area contributed by atoms with Crippen LogP contribution in [0.4, 0.5) is 14.9 Å². The third-order valence-corrected chi connectivity index (χ3v) is 8.76. The van der Waals surface area contributed by atoms with E-state index < -0.39 is 5.97 Å². The maximum absolute atomic E-state index is 14.6. The van der Waals surface area contributed by atoms with Crippen LogP contribution >= 0.6 is 0 Å². The van der Waals surface area contributed by atoms with Gasteiger partial charge in [0.25, 0.3) is 0 Å². The van der Waals surface area contributed by atoms with Gasteiger partial charge in [-0.25, -0.2) is 14.0 Å². The lowest BCUT2D eigenvalue weighted by Gasteiger charge is -2.40. The van der Waals surface area contributed by atoms with Crippen LogP contribution in [0, 0.1) is 5.82 Å². The van der Waals surface area contributed by atoms with E-state index in [-0.39, 0.29) is 35.6 Å². The predicted octanol–water partition coefficient (Wildman–Crippen LogP) is 5.75. The van der Waals surface area contributed by atoms with Crippen molar-refractivity contribution in [2.24, 2.45) is 0 Å². The number of urea groups is 1. The average molecular weight is 532 g/mol. The SMILES string of the molecule is O=C(O)c1cccc2c1CCN2C(=O)N1[C@@H]2CC[C@H]1CC(OCc1c(-c3ccccc3F)noc1C1CC1)C2. The number of carboxylic acids is 1. The number of aromatic carboxylic acids is 1. The molecule has 2 saturated heterocycles. The number of benzene rings is 2. The fraction of sp³-hybridized carbons (Fsp3) is 0.433.